The number of hydrogen-bond acceptors (Lipinski definition) is 3. The van der Waals surface area contributed by atoms with Gasteiger partial charge in [-0.05, 0) is 30.2 Å². The third-order valence-electron chi connectivity index (χ3n) is 4.17. The smallest absolute Gasteiger partial charge is 0.257 e. The summed E-state index contributed by atoms with van der Waals surface area (Å²) in [7, 11) is 0. The number of nitrogens with one attached hydrogen (secondary N) is 1. The topological polar surface area (TPSA) is 41.6 Å². The van der Waals surface area contributed by atoms with E-state index in [0.717, 1.165) is 31.7 Å². The van der Waals surface area contributed by atoms with E-state index in [2.05, 4.69) is 24.4 Å². The molecule has 1 aliphatic rings. The van der Waals surface area contributed by atoms with Crippen molar-refractivity contribution in [2.45, 2.75) is 13.5 Å². The second-order valence-electron chi connectivity index (χ2n) is 5.75. The number of ether oxygens (including phenoxy) is 1. The molecular formula is C19H22N2O2. The number of para-hydroxylation sites is 1. The van der Waals surface area contributed by atoms with Crippen LogP contribution in [0.25, 0.3) is 0 Å². The Morgan fingerprint density at radius 2 is 1.78 bits per heavy atom. The molecule has 2 aromatic rings. The summed E-state index contributed by atoms with van der Waals surface area (Å²) >= 11 is 0. The third-order valence-corrected chi connectivity index (χ3v) is 4.17. The molecule has 0 radical (unpaired) electrons. The van der Waals surface area contributed by atoms with Crippen molar-refractivity contribution in [1.82, 2.24) is 10.2 Å². The van der Waals surface area contributed by atoms with Gasteiger partial charge in [0.1, 0.15) is 12.4 Å². The fraction of sp³-hybridized carbons (Fsp3) is 0.316. The number of aryl methyl sites for hydroxylation is 1. The Morgan fingerprint density at radius 3 is 2.57 bits per heavy atom. The average Bonchev–Trinajstić information content (AvgIpc) is 2.61. The highest BCUT2D eigenvalue weighted by Crippen LogP contribution is 2.22. The van der Waals surface area contributed by atoms with Crippen LogP contribution in [0.5, 0.6) is 5.75 Å². The Bertz CT molecular complexity index is 679. The molecule has 1 amide bonds. The Labute approximate surface area is 137 Å². The van der Waals surface area contributed by atoms with Crippen LogP contribution >= 0.6 is 0 Å². The fourth-order valence-corrected chi connectivity index (χ4v) is 2.73. The summed E-state index contributed by atoms with van der Waals surface area (Å²) in [4.78, 5) is 14.6. The molecule has 4 heteroatoms. The molecule has 1 N–H and O–H groups in total. The minimum Gasteiger partial charge on any atom is -0.488 e. The van der Waals surface area contributed by atoms with Gasteiger partial charge in [0.05, 0.1) is 5.56 Å². The fourth-order valence-electron chi connectivity index (χ4n) is 2.73. The Kier molecular flexibility index (Phi) is 4.93. The summed E-state index contributed by atoms with van der Waals surface area (Å²) < 4.78 is 5.95. The molecule has 0 saturated carbocycles. The van der Waals surface area contributed by atoms with Gasteiger partial charge in [-0.25, -0.2) is 0 Å². The quantitative estimate of drug-likeness (QED) is 0.944. The Balaban J connectivity index is 1.75. The van der Waals surface area contributed by atoms with Gasteiger partial charge in [-0.3, -0.25) is 4.79 Å². The largest absolute Gasteiger partial charge is 0.488 e. The average molecular weight is 310 g/mol. The zero-order chi connectivity index (χ0) is 16.1. The van der Waals surface area contributed by atoms with Gasteiger partial charge in [-0.15, -0.1) is 0 Å². The van der Waals surface area contributed by atoms with Crippen LogP contribution in [0.1, 0.15) is 21.5 Å². The summed E-state index contributed by atoms with van der Waals surface area (Å²) in [5.74, 6) is 0.700. The number of benzene rings is 2. The molecule has 0 aromatic heterocycles. The zero-order valence-electron chi connectivity index (χ0n) is 13.4. The van der Waals surface area contributed by atoms with Gasteiger partial charge in [-0.2, -0.15) is 0 Å². The lowest BCUT2D eigenvalue weighted by Gasteiger charge is -2.28. The van der Waals surface area contributed by atoms with Gasteiger partial charge < -0.3 is 15.0 Å². The van der Waals surface area contributed by atoms with Crippen LogP contribution in [0.3, 0.4) is 0 Å². The first-order chi connectivity index (χ1) is 11.3. The van der Waals surface area contributed by atoms with Gasteiger partial charge >= 0.3 is 0 Å². The molecule has 1 aliphatic heterocycles. The second-order valence-corrected chi connectivity index (χ2v) is 5.75. The number of nitrogens with zero attached hydrogens (tertiary/aromatic N) is 1. The number of carbonyl (C=O) groups is 1. The molecule has 0 unspecified atom stereocenters. The number of rotatable bonds is 4. The zero-order valence-corrected chi connectivity index (χ0v) is 13.4. The van der Waals surface area contributed by atoms with E-state index >= 15 is 0 Å². The van der Waals surface area contributed by atoms with Crippen molar-refractivity contribution in [2.24, 2.45) is 0 Å². The first-order valence-corrected chi connectivity index (χ1v) is 8.02. The second kappa shape index (κ2) is 7.29. The van der Waals surface area contributed by atoms with E-state index in [0.29, 0.717) is 17.9 Å². The van der Waals surface area contributed by atoms with Gasteiger partial charge in [0.2, 0.25) is 0 Å². The van der Waals surface area contributed by atoms with E-state index in [-0.39, 0.29) is 5.91 Å². The van der Waals surface area contributed by atoms with E-state index in [4.69, 9.17) is 4.74 Å². The van der Waals surface area contributed by atoms with Crippen LogP contribution in [0.2, 0.25) is 0 Å². The molecule has 120 valence electrons. The van der Waals surface area contributed by atoms with Crippen LogP contribution < -0.4 is 10.1 Å². The van der Waals surface area contributed by atoms with E-state index in [9.17, 15) is 4.79 Å². The number of piperazine rings is 1. The molecule has 4 nitrogen and oxygen atoms in total. The van der Waals surface area contributed by atoms with Crippen molar-refractivity contribution in [3.05, 3.63) is 65.2 Å². The predicted molar refractivity (Wildman–Crippen MR) is 90.7 cm³/mol. The molecule has 0 spiro atoms. The Morgan fingerprint density at radius 1 is 1.09 bits per heavy atom. The minimum atomic E-state index is 0.0480. The van der Waals surface area contributed by atoms with Crippen LogP contribution in [-0.2, 0) is 6.61 Å². The standard InChI is InChI=1S/C19H22N2O2/c1-15-6-2-3-7-16(15)14-23-18-9-5-4-8-17(18)19(22)21-12-10-20-11-13-21/h2-9,20H,10-14H2,1H3. The van der Waals surface area contributed by atoms with Crippen molar-refractivity contribution >= 4 is 5.91 Å². The predicted octanol–water partition coefficient (Wildman–Crippen LogP) is 2.62. The van der Waals surface area contributed by atoms with Crippen LogP contribution in [0, 0.1) is 6.92 Å². The van der Waals surface area contributed by atoms with E-state index in [1.165, 1.54) is 5.56 Å². The highest BCUT2D eigenvalue weighted by molar-refractivity contribution is 5.97. The molecule has 0 atom stereocenters. The maximum absolute atomic E-state index is 12.7. The molecule has 1 fully saturated rings. The number of hydrogen-bond donors (Lipinski definition) is 1. The van der Waals surface area contributed by atoms with Crippen molar-refractivity contribution < 1.29 is 9.53 Å². The van der Waals surface area contributed by atoms with Gasteiger partial charge in [0, 0.05) is 26.2 Å². The van der Waals surface area contributed by atoms with Gasteiger partial charge in [0.15, 0.2) is 0 Å². The third kappa shape index (κ3) is 3.71. The summed E-state index contributed by atoms with van der Waals surface area (Å²) in [5.41, 5.74) is 2.97. The van der Waals surface area contributed by atoms with Crippen molar-refractivity contribution in [2.75, 3.05) is 26.2 Å². The first-order valence-electron chi connectivity index (χ1n) is 8.02. The van der Waals surface area contributed by atoms with Crippen LogP contribution in [0.4, 0.5) is 0 Å². The van der Waals surface area contributed by atoms with Gasteiger partial charge in [0.25, 0.3) is 5.91 Å². The number of carbonyl (C=O) groups excluding carboxylic acids is 1. The maximum Gasteiger partial charge on any atom is 0.257 e. The summed E-state index contributed by atoms with van der Waals surface area (Å²) in [6.07, 6.45) is 0. The summed E-state index contributed by atoms with van der Waals surface area (Å²) in [6.45, 7) is 5.71. The lowest BCUT2D eigenvalue weighted by molar-refractivity contribution is 0.0731. The van der Waals surface area contributed by atoms with Crippen molar-refractivity contribution in [3.63, 3.8) is 0 Å². The highest BCUT2D eigenvalue weighted by Gasteiger charge is 2.21. The van der Waals surface area contributed by atoms with Crippen molar-refractivity contribution in [1.29, 1.82) is 0 Å². The van der Waals surface area contributed by atoms with Crippen LogP contribution in [-0.4, -0.2) is 37.0 Å². The normalized spacial score (nSPS) is 14.6. The summed E-state index contributed by atoms with van der Waals surface area (Å²) in [6, 6.07) is 15.6. The summed E-state index contributed by atoms with van der Waals surface area (Å²) in [5, 5.41) is 3.26. The molecule has 23 heavy (non-hydrogen) atoms. The number of amides is 1. The Hall–Kier alpha value is -2.33. The lowest BCUT2D eigenvalue weighted by Crippen LogP contribution is -2.46. The van der Waals surface area contributed by atoms with Crippen molar-refractivity contribution in [3.8, 4) is 5.75 Å². The van der Waals surface area contributed by atoms with Crippen LogP contribution in [0.15, 0.2) is 48.5 Å². The SMILES string of the molecule is Cc1ccccc1COc1ccccc1C(=O)N1CCNCC1. The lowest BCUT2D eigenvalue weighted by atomic mass is 10.1. The first kappa shape index (κ1) is 15.6. The molecule has 2 aromatic carbocycles. The molecular weight excluding hydrogens is 288 g/mol. The monoisotopic (exact) mass is 310 g/mol. The van der Waals surface area contributed by atoms with E-state index < -0.39 is 0 Å². The molecule has 1 saturated heterocycles. The van der Waals surface area contributed by atoms with Gasteiger partial charge in [-0.1, -0.05) is 36.4 Å². The maximum atomic E-state index is 12.7. The minimum absolute atomic E-state index is 0.0480. The molecule has 1 heterocycles. The van der Waals surface area contributed by atoms with E-state index in [1.54, 1.807) is 0 Å². The van der Waals surface area contributed by atoms with E-state index in [1.807, 2.05) is 41.3 Å². The molecule has 3 rings (SSSR count). The molecule has 0 bridgehead atoms. The highest BCUT2D eigenvalue weighted by atomic mass is 16.5. The molecule has 0 aliphatic carbocycles.